The molecule has 1 fully saturated rings. The molecule has 2 aromatic rings. The van der Waals surface area contributed by atoms with E-state index in [9.17, 15) is 14.7 Å². The van der Waals surface area contributed by atoms with Gasteiger partial charge in [-0.25, -0.2) is 0 Å². The summed E-state index contributed by atoms with van der Waals surface area (Å²) in [5.41, 5.74) is 1.03. The van der Waals surface area contributed by atoms with Crippen molar-refractivity contribution in [3.8, 4) is 5.75 Å². The highest BCUT2D eigenvalue weighted by Gasteiger charge is 2.46. The molecule has 0 aromatic heterocycles. The molecule has 0 aliphatic carbocycles. The van der Waals surface area contributed by atoms with Gasteiger partial charge < -0.3 is 19.5 Å². The molecular formula is C23H24ClNO5. The summed E-state index contributed by atoms with van der Waals surface area (Å²) in [6.07, 6.45) is -0.108. The van der Waals surface area contributed by atoms with E-state index in [1.807, 2.05) is 19.9 Å². The van der Waals surface area contributed by atoms with E-state index >= 15 is 0 Å². The molecule has 1 aliphatic rings. The van der Waals surface area contributed by atoms with Crippen LogP contribution in [0, 0.1) is 0 Å². The molecule has 6 nitrogen and oxygen atoms in total. The Bertz CT molecular complexity index is 968. The average Bonchev–Trinajstić information content (AvgIpc) is 2.97. The van der Waals surface area contributed by atoms with Crippen molar-refractivity contribution in [2.75, 3.05) is 20.3 Å². The first-order valence-corrected chi connectivity index (χ1v) is 10.0. The summed E-state index contributed by atoms with van der Waals surface area (Å²) >= 11 is 5.94. The minimum Gasteiger partial charge on any atom is -0.507 e. The predicted octanol–water partition coefficient (Wildman–Crippen LogP) is 4.20. The van der Waals surface area contributed by atoms with Crippen molar-refractivity contribution < 1.29 is 24.2 Å². The van der Waals surface area contributed by atoms with Crippen LogP contribution in [0.1, 0.15) is 31.0 Å². The number of hydrogen-bond donors (Lipinski definition) is 1. The van der Waals surface area contributed by atoms with Crippen LogP contribution in [0.25, 0.3) is 5.76 Å². The second-order valence-electron chi connectivity index (χ2n) is 7.20. The second-order valence-corrected chi connectivity index (χ2v) is 7.63. The number of amides is 1. The maximum absolute atomic E-state index is 13.0. The first-order valence-electron chi connectivity index (χ1n) is 9.64. The average molecular weight is 430 g/mol. The number of ketones is 1. The molecule has 1 unspecified atom stereocenters. The Hall–Kier alpha value is -2.83. The van der Waals surface area contributed by atoms with Crippen LogP contribution in [0.2, 0.25) is 5.02 Å². The number of aliphatic hydroxyl groups excluding tert-OH is 1. The first kappa shape index (κ1) is 21.9. The molecule has 1 aliphatic heterocycles. The van der Waals surface area contributed by atoms with Gasteiger partial charge in [0.2, 0.25) is 0 Å². The highest BCUT2D eigenvalue weighted by Crippen LogP contribution is 2.42. The molecule has 7 heteroatoms. The van der Waals surface area contributed by atoms with E-state index in [0.717, 1.165) is 0 Å². The van der Waals surface area contributed by atoms with Crippen LogP contribution < -0.4 is 4.74 Å². The number of hydrogen-bond acceptors (Lipinski definition) is 5. The number of carbonyl (C=O) groups excluding carboxylic acids is 2. The molecule has 2 aromatic carbocycles. The molecule has 30 heavy (non-hydrogen) atoms. The number of rotatable bonds is 7. The van der Waals surface area contributed by atoms with Crippen molar-refractivity contribution in [3.05, 3.63) is 70.3 Å². The van der Waals surface area contributed by atoms with Crippen LogP contribution in [0.5, 0.6) is 5.75 Å². The highest BCUT2D eigenvalue weighted by molar-refractivity contribution is 6.46. The number of Topliss-reactive ketones (excluding diaryl/α,β-unsaturated/α-hetero) is 1. The van der Waals surface area contributed by atoms with Gasteiger partial charge in [0.05, 0.1) is 24.3 Å². The third-order valence-corrected chi connectivity index (χ3v) is 5.02. The number of para-hydroxylation sites is 1. The molecule has 158 valence electrons. The number of ether oxygens (including phenoxy) is 2. The molecule has 0 bridgehead atoms. The third-order valence-electron chi connectivity index (χ3n) is 4.77. The Balaban J connectivity index is 2.19. The van der Waals surface area contributed by atoms with Gasteiger partial charge in [-0.05, 0) is 44.2 Å². The minimum absolute atomic E-state index is 0.0123. The lowest BCUT2D eigenvalue weighted by molar-refractivity contribution is -0.140. The molecule has 1 atom stereocenters. The molecule has 1 amide bonds. The summed E-state index contributed by atoms with van der Waals surface area (Å²) in [6.45, 7) is 4.23. The van der Waals surface area contributed by atoms with Gasteiger partial charge in [0.25, 0.3) is 11.7 Å². The van der Waals surface area contributed by atoms with E-state index in [0.29, 0.717) is 21.9 Å². The van der Waals surface area contributed by atoms with Gasteiger partial charge in [-0.15, -0.1) is 0 Å². The summed E-state index contributed by atoms with van der Waals surface area (Å²) in [7, 11) is 1.52. The Morgan fingerprint density at radius 3 is 2.43 bits per heavy atom. The lowest BCUT2D eigenvalue weighted by Crippen LogP contribution is -2.33. The van der Waals surface area contributed by atoms with Gasteiger partial charge in [-0.1, -0.05) is 29.8 Å². The maximum atomic E-state index is 13.0. The van der Waals surface area contributed by atoms with Crippen molar-refractivity contribution in [3.63, 3.8) is 0 Å². The van der Waals surface area contributed by atoms with E-state index in [1.165, 1.54) is 12.0 Å². The molecule has 0 radical (unpaired) electrons. The molecule has 0 saturated carbocycles. The summed E-state index contributed by atoms with van der Waals surface area (Å²) in [6, 6.07) is 12.8. The Labute approximate surface area is 180 Å². The highest BCUT2D eigenvalue weighted by atomic mass is 35.5. The topological polar surface area (TPSA) is 76.1 Å². The van der Waals surface area contributed by atoms with Crippen LogP contribution in [-0.2, 0) is 14.3 Å². The van der Waals surface area contributed by atoms with E-state index in [1.54, 1.807) is 42.5 Å². The smallest absolute Gasteiger partial charge is 0.295 e. The Morgan fingerprint density at radius 2 is 1.80 bits per heavy atom. The van der Waals surface area contributed by atoms with Crippen LogP contribution in [0.3, 0.4) is 0 Å². The number of aliphatic hydroxyl groups is 1. The van der Waals surface area contributed by atoms with Crippen LogP contribution in [0.4, 0.5) is 0 Å². The number of methoxy groups -OCH3 is 1. The first-order chi connectivity index (χ1) is 14.3. The molecular weight excluding hydrogens is 406 g/mol. The van der Waals surface area contributed by atoms with E-state index in [4.69, 9.17) is 21.1 Å². The van der Waals surface area contributed by atoms with Gasteiger partial charge >= 0.3 is 0 Å². The normalized spacial score (nSPS) is 18.3. The lowest BCUT2D eigenvalue weighted by Gasteiger charge is -2.27. The van der Waals surface area contributed by atoms with Crippen LogP contribution in [0.15, 0.2) is 54.1 Å². The van der Waals surface area contributed by atoms with Crippen LogP contribution >= 0.6 is 11.6 Å². The predicted molar refractivity (Wildman–Crippen MR) is 115 cm³/mol. The van der Waals surface area contributed by atoms with Gasteiger partial charge in [0.15, 0.2) is 0 Å². The number of benzene rings is 2. The summed E-state index contributed by atoms with van der Waals surface area (Å²) < 4.78 is 11.1. The monoisotopic (exact) mass is 429 g/mol. The summed E-state index contributed by atoms with van der Waals surface area (Å²) in [4.78, 5) is 27.2. The fraction of sp³-hybridized carbons (Fsp3) is 0.304. The molecule has 0 spiro atoms. The Morgan fingerprint density at radius 1 is 1.13 bits per heavy atom. The molecule has 1 saturated heterocycles. The quantitative estimate of drug-likeness (QED) is 0.405. The Kier molecular flexibility index (Phi) is 6.80. The summed E-state index contributed by atoms with van der Waals surface area (Å²) in [5.74, 6) is -1.15. The van der Waals surface area contributed by atoms with E-state index in [2.05, 4.69) is 0 Å². The van der Waals surface area contributed by atoms with Crippen molar-refractivity contribution in [2.45, 2.75) is 26.0 Å². The summed E-state index contributed by atoms with van der Waals surface area (Å²) in [5, 5.41) is 11.5. The lowest BCUT2D eigenvalue weighted by atomic mass is 9.94. The SMILES string of the molecule is COCCN1C(=O)C(=O)/C(=C(\O)c2ccc(Cl)cc2)C1c1ccccc1OC(C)C. The minimum atomic E-state index is -0.800. The van der Waals surface area contributed by atoms with Gasteiger partial charge in [-0.2, -0.15) is 0 Å². The van der Waals surface area contributed by atoms with Gasteiger partial charge in [0, 0.05) is 29.8 Å². The van der Waals surface area contributed by atoms with E-state index in [-0.39, 0.29) is 30.6 Å². The maximum Gasteiger partial charge on any atom is 0.295 e. The number of nitrogens with zero attached hydrogens (tertiary/aromatic N) is 1. The zero-order chi connectivity index (χ0) is 21.8. The zero-order valence-electron chi connectivity index (χ0n) is 17.1. The largest absolute Gasteiger partial charge is 0.507 e. The van der Waals surface area contributed by atoms with Gasteiger partial charge in [-0.3, -0.25) is 9.59 Å². The molecule has 3 rings (SSSR count). The van der Waals surface area contributed by atoms with Crippen molar-refractivity contribution in [1.29, 1.82) is 0 Å². The molecule has 1 heterocycles. The van der Waals surface area contributed by atoms with Crippen molar-refractivity contribution >= 4 is 29.1 Å². The zero-order valence-corrected chi connectivity index (χ0v) is 17.8. The molecule has 1 N–H and O–H groups in total. The number of halogens is 1. The third kappa shape index (κ3) is 4.35. The van der Waals surface area contributed by atoms with Crippen LogP contribution in [-0.4, -0.2) is 48.1 Å². The fourth-order valence-electron chi connectivity index (χ4n) is 3.45. The van der Waals surface area contributed by atoms with Crippen molar-refractivity contribution in [1.82, 2.24) is 4.90 Å². The number of likely N-dealkylation sites (tertiary alicyclic amines) is 1. The van der Waals surface area contributed by atoms with E-state index < -0.39 is 17.7 Å². The number of carbonyl (C=O) groups is 2. The standard InChI is InChI=1S/C23H24ClNO5/c1-14(2)30-18-7-5-4-6-17(18)20-19(21(26)15-8-10-16(24)11-9-15)22(27)23(28)25(20)12-13-29-3/h4-11,14,20,26H,12-13H2,1-3H3/b21-19-. The fourth-order valence-corrected chi connectivity index (χ4v) is 3.58. The van der Waals surface area contributed by atoms with Crippen molar-refractivity contribution in [2.24, 2.45) is 0 Å². The second kappa shape index (κ2) is 9.32. The van der Waals surface area contributed by atoms with Gasteiger partial charge in [0.1, 0.15) is 11.5 Å².